The monoisotopic (exact) mass is 276 g/mol. The molecule has 0 saturated heterocycles. The number of nitrogens with one attached hydrogen (secondary N) is 1. The number of hydrogen-bond acceptors (Lipinski definition) is 4. The molecule has 1 aliphatic rings. The van der Waals surface area contributed by atoms with Gasteiger partial charge in [0.15, 0.2) is 0 Å². The quantitative estimate of drug-likeness (QED) is 0.875. The third kappa shape index (κ3) is 3.28. The average Bonchev–Trinajstić information content (AvgIpc) is 2.47. The lowest BCUT2D eigenvalue weighted by molar-refractivity contribution is 0.0951. The minimum absolute atomic E-state index is 0.129. The highest BCUT2D eigenvalue weighted by molar-refractivity contribution is 5.93. The van der Waals surface area contributed by atoms with Crippen LogP contribution in [-0.4, -0.2) is 36.6 Å². The van der Waals surface area contributed by atoms with Crippen molar-refractivity contribution in [1.29, 1.82) is 0 Å². The molecule has 1 fully saturated rings. The predicted octanol–water partition coefficient (Wildman–Crippen LogP) is 1.54. The Balaban J connectivity index is 2.15. The summed E-state index contributed by atoms with van der Waals surface area (Å²) in [4.78, 5) is 18.2. The van der Waals surface area contributed by atoms with E-state index in [4.69, 9.17) is 5.73 Å². The molecule has 2 unspecified atom stereocenters. The summed E-state index contributed by atoms with van der Waals surface area (Å²) in [6.07, 6.45) is 6.30. The summed E-state index contributed by atoms with van der Waals surface area (Å²) >= 11 is 0. The fourth-order valence-corrected chi connectivity index (χ4v) is 2.83. The van der Waals surface area contributed by atoms with Crippen LogP contribution in [-0.2, 0) is 0 Å². The summed E-state index contributed by atoms with van der Waals surface area (Å²) in [5, 5.41) is 2.77. The van der Waals surface area contributed by atoms with E-state index in [1.165, 1.54) is 12.8 Å². The van der Waals surface area contributed by atoms with Gasteiger partial charge in [0.05, 0.1) is 0 Å². The van der Waals surface area contributed by atoms with Gasteiger partial charge in [-0.3, -0.25) is 9.78 Å². The van der Waals surface area contributed by atoms with Crippen molar-refractivity contribution in [3.05, 3.63) is 24.0 Å². The van der Waals surface area contributed by atoms with Crippen LogP contribution in [0.25, 0.3) is 0 Å². The SMILES string of the molecule is CCNC(=O)c1cc(N(C)C2CCCCC2N)ccn1. The minimum atomic E-state index is -0.129. The Hall–Kier alpha value is -1.62. The van der Waals surface area contributed by atoms with Crippen molar-refractivity contribution >= 4 is 11.6 Å². The normalized spacial score (nSPS) is 22.4. The first-order valence-corrected chi connectivity index (χ1v) is 7.36. The van der Waals surface area contributed by atoms with Crippen LogP contribution in [0.15, 0.2) is 18.3 Å². The number of anilines is 1. The van der Waals surface area contributed by atoms with Crippen LogP contribution in [0.5, 0.6) is 0 Å². The van der Waals surface area contributed by atoms with E-state index in [-0.39, 0.29) is 11.9 Å². The average molecular weight is 276 g/mol. The second-order valence-electron chi connectivity index (χ2n) is 5.39. The van der Waals surface area contributed by atoms with E-state index >= 15 is 0 Å². The molecule has 1 heterocycles. The van der Waals surface area contributed by atoms with Crippen molar-refractivity contribution in [1.82, 2.24) is 10.3 Å². The number of amides is 1. The standard InChI is InChI=1S/C15H24N4O/c1-3-17-15(20)13-10-11(8-9-18-13)19(2)14-7-5-4-6-12(14)16/h8-10,12,14H,3-7,16H2,1-2H3,(H,17,20). The molecule has 1 aromatic heterocycles. The van der Waals surface area contributed by atoms with E-state index in [2.05, 4.69) is 15.2 Å². The van der Waals surface area contributed by atoms with Gasteiger partial charge >= 0.3 is 0 Å². The smallest absolute Gasteiger partial charge is 0.269 e. The fourth-order valence-electron chi connectivity index (χ4n) is 2.83. The number of likely N-dealkylation sites (N-methyl/N-ethyl adjacent to an activating group) is 1. The van der Waals surface area contributed by atoms with Gasteiger partial charge in [-0.15, -0.1) is 0 Å². The number of rotatable bonds is 4. The van der Waals surface area contributed by atoms with Gasteiger partial charge in [0.2, 0.25) is 0 Å². The van der Waals surface area contributed by atoms with Crippen LogP contribution >= 0.6 is 0 Å². The van der Waals surface area contributed by atoms with Gasteiger partial charge in [0.25, 0.3) is 5.91 Å². The molecule has 1 aromatic rings. The maximum atomic E-state index is 11.8. The minimum Gasteiger partial charge on any atom is -0.370 e. The van der Waals surface area contributed by atoms with E-state index in [1.807, 2.05) is 26.1 Å². The molecule has 5 nitrogen and oxygen atoms in total. The number of nitrogens with zero attached hydrogens (tertiary/aromatic N) is 2. The van der Waals surface area contributed by atoms with E-state index < -0.39 is 0 Å². The first-order valence-electron chi connectivity index (χ1n) is 7.36. The highest BCUT2D eigenvalue weighted by Gasteiger charge is 2.26. The highest BCUT2D eigenvalue weighted by Crippen LogP contribution is 2.25. The zero-order chi connectivity index (χ0) is 14.5. The van der Waals surface area contributed by atoms with Crippen molar-refractivity contribution in [2.24, 2.45) is 5.73 Å². The zero-order valence-electron chi connectivity index (χ0n) is 12.3. The summed E-state index contributed by atoms with van der Waals surface area (Å²) < 4.78 is 0. The Morgan fingerprint density at radius 3 is 2.95 bits per heavy atom. The van der Waals surface area contributed by atoms with Crippen LogP contribution < -0.4 is 16.0 Å². The molecule has 1 saturated carbocycles. The molecule has 0 aromatic carbocycles. The van der Waals surface area contributed by atoms with E-state index in [0.29, 0.717) is 18.3 Å². The van der Waals surface area contributed by atoms with Crippen LogP contribution in [0, 0.1) is 0 Å². The summed E-state index contributed by atoms with van der Waals surface area (Å²) in [7, 11) is 2.05. The van der Waals surface area contributed by atoms with Crippen molar-refractivity contribution in [2.45, 2.75) is 44.7 Å². The van der Waals surface area contributed by atoms with Gasteiger partial charge in [-0.05, 0) is 31.9 Å². The largest absolute Gasteiger partial charge is 0.370 e. The van der Waals surface area contributed by atoms with Crippen LogP contribution in [0.4, 0.5) is 5.69 Å². The van der Waals surface area contributed by atoms with Gasteiger partial charge < -0.3 is 16.0 Å². The zero-order valence-corrected chi connectivity index (χ0v) is 12.3. The van der Waals surface area contributed by atoms with Crippen LogP contribution in [0.1, 0.15) is 43.1 Å². The van der Waals surface area contributed by atoms with Crippen molar-refractivity contribution in [2.75, 3.05) is 18.5 Å². The Bertz CT molecular complexity index is 463. The molecule has 1 amide bonds. The maximum Gasteiger partial charge on any atom is 0.269 e. The number of aromatic nitrogens is 1. The molecule has 0 aliphatic heterocycles. The number of nitrogens with two attached hydrogens (primary N) is 1. The molecule has 5 heteroatoms. The Kier molecular flexibility index (Phi) is 4.95. The number of carbonyl (C=O) groups excluding carboxylic acids is 1. The lowest BCUT2D eigenvalue weighted by Crippen LogP contribution is -2.48. The second kappa shape index (κ2) is 6.70. The van der Waals surface area contributed by atoms with Crippen LogP contribution in [0.2, 0.25) is 0 Å². The number of carbonyl (C=O) groups is 1. The molecule has 0 spiro atoms. The van der Waals surface area contributed by atoms with Gasteiger partial charge in [0, 0.05) is 37.6 Å². The summed E-state index contributed by atoms with van der Waals surface area (Å²) in [5.74, 6) is -0.129. The van der Waals surface area contributed by atoms with E-state index in [1.54, 1.807) is 6.20 Å². The summed E-state index contributed by atoms with van der Waals surface area (Å²) in [5.41, 5.74) is 7.69. The van der Waals surface area contributed by atoms with Gasteiger partial charge in [-0.2, -0.15) is 0 Å². The highest BCUT2D eigenvalue weighted by atomic mass is 16.1. The lowest BCUT2D eigenvalue weighted by Gasteiger charge is -2.37. The lowest BCUT2D eigenvalue weighted by atomic mass is 9.90. The second-order valence-corrected chi connectivity index (χ2v) is 5.39. The molecule has 0 radical (unpaired) electrons. The predicted molar refractivity (Wildman–Crippen MR) is 80.9 cm³/mol. The van der Waals surface area contributed by atoms with Crippen molar-refractivity contribution in [3.63, 3.8) is 0 Å². The Morgan fingerprint density at radius 2 is 2.25 bits per heavy atom. The molecule has 110 valence electrons. The van der Waals surface area contributed by atoms with Crippen LogP contribution in [0.3, 0.4) is 0 Å². The molecule has 20 heavy (non-hydrogen) atoms. The van der Waals surface area contributed by atoms with Gasteiger partial charge in [0.1, 0.15) is 5.69 Å². The maximum absolute atomic E-state index is 11.8. The molecule has 3 N–H and O–H groups in total. The molecular weight excluding hydrogens is 252 g/mol. The molecule has 1 aliphatic carbocycles. The van der Waals surface area contributed by atoms with E-state index in [0.717, 1.165) is 18.5 Å². The third-order valence-corrected chi connectivity index (χ3v) is 4.00. The molecule has 2 atom stereocenters. The van der Waals surface area contributed by atoms with Gasteiger partial charge in [-0.25, -0.2) is 0 Å². The van der Waals surface area contributed by atoms with Gasteiger partial charge in [-0.1, -0.05) is 12.8 Å². The number of hydrogen-bond donors (Lipinski definition) is 2. The topological polar surface area (TPSA) is 71.2 Å². The van der Waals surface area contributed by atoms with Crippen molar-refractivity contribution in [3.8, 4) is 0 Å². The first kappa shape index (κ1) is 14.8. The summed E-state index contributed by atoms with van der Waals surface area (Å²) in [6, 6.07) is 4.32. The first-order chi connectivity index (χ1) is 9.63. The molecular formula is C15H24N4O. The number of pyridine rings is 1. The Morgan fingerprint density at radius 1 is 1.50 bits per heavy atom. The molecule has 0 bridgehead atoms. The summed E-state index contributed by atoms with van der Waals surface area (Å²) in [6.45, 7) is 2.50. The van der Waals surface area contributed by atoms with E-state index in [9.17, 15) is 4.79 Å². The molecule has 2 rings (SSSR count). The Labute approximate surface area is 120 Å². The third-order valence-electron chi connectivity index (χ3n) is 4.00. The fraction of sp³-hybridized carbons (Fsp3) is 0.600. The van der Waals surface area contributed by atoms with Crippen molar-refractivity contribution < 1.29 is 4.79 Å².